The molecule has 0 aromatic heterocycles. The first-order valence-corrected chi connectivity index (χ1v) is 6.97. The molecule has 1 heterocycles. The van der Waals surface area contributed by atoms with Crippen molar-refractivity contribution in [3.05, 3.63) is 0 Å². The molecule has 2 N–H and O–H groups in total. The second kappa shape index (κ2) is 4.52. The van der Waals surface area contributed by atoms with Crippen LogP contribution in [0.1, 0.15) is 47.0 Å². The summed E-state index contributed by atoms with van der Waals surface area (Å²) in [6.45, 7) is 11.7. The summed E-state index contributed by atoms with van der Waals surface area (Å²) in [6.07, 6.45) is 3.96. The average molecular weight is 240 g/mol. The third-order valence-electron chi connectivity index (χ3n) is 4.11. The molecule has 3 heteroatoms. The molecule has 1 saturated carbocycles. The minimum atomic E-state index is -0.0382. The lowest BCUT2D eigenvalue weighted by molar-refractivity contribution is -0.189. The van der Waals surface area contributed by atoms with Crippen LogP contribution in [0.15, 0.2) is 0 Å². The molecule has 1 saturated heterocycles. The van der Waals surface area contributed by atoms with Gasteiger partial charge in [-0.05, 0) is 53.0 Å². The van der Waals surface area contributed by atoms with Crippen LogP contribution < -0.4 is 5.73 Å². The third kappa shape index (κ3) is 3.01. The molecule has 3 nitrogen and oxygen atoms in total. The van der Waals surface area contributed by atoms with Crippen LogP contribution in [0.25, 0.3) is 0 Å². The van der Waals surface area contributed by atoms with Gasteiger partial charge in [-0.1, -0.05) is 6.42 Å². The zero-order valence-corrected chi connectivity index (χ0v) is 11.8. The Labute approximate surface area is 106 Å². The summed E-state index contributed by atoms with van der Waals surface area (Å²) < 4.78 is 6.15. The summed E-state index contributed by atoms with van der Waals surface area (Å²) >= 11 is 0. The maximum Gasteiger partial charge on any atom is 0.0760 e. The minimum absolute atomic E-state index is 0.0382. The van der Waals surface area contributed by atoms with Crippen LogP contribution in [0.5, 0.6) is 0 Å². The SMILES string of the molecule is CC1(C)CN(C2CCCC2CN)CC(C)(C)O1. The van der Waals surface area contributed by atoms with Crippen molar-refractivity contribution in [2.24, 2.45) is 11.7 Å². The van der Waals surface area contributed by atoms with Crippen molar-refractivity contribution >= 4 is 0 Å². The Balaban J connectivity index is 2.10. The Morgan fingerprint density at radius 3 is 2.24 bits per heavy atom. The van der Waals surface area contributed by atoms with Crippen LogP contribution >= 0.6 is 0 Å². The fourth-order valence-electron chi connectivity index (χ4n) is 3.85. The quantitative estimate of drug-likeness (QED) is 0.802. The second-order valence-electron chi connectivity index (χ2n) is 7.02. The molecule has 0 aromatic carbocycles. The normalized spacial score (nSPS) is 37.2. The zero-order valence-electron chi connectivity index (χ0n) is 11.8. The van der Waals surface area contributed by atoms with Gasteiger partial charge in [0.2, 0.25) is 0 Å². The van der Waals surface area contributed by atoms with Crippen molar-refractivity contribution in [2.75, 3.05) is 19.6 Å². The molecule has 2 atom stereocenters. The van der Waals surface area contributed by atoms with Crippen LogP contribution in [0.4, 0.5) is 0 Å². The van der Waals surface area contributed by atoms with Gasteiger partial charge < -0.3 is 10.5 Å². The van der Waals surface area contributed by atoms with E-state index in [1.165, 1.54) is 19.3 Å². The molecule has 1 aliphatic heterocycles. The molecule has 2 fully saturated rings. The van der Waals surface area contributed by atoms with Crippen LogP contribution in [0.2, 0.25) is 0 Å². The molecule has 0 radical (unpaired) electrons. The minimum Gasteiger partial charge on any atom is -0.367 e. The van der Waals surface area contributed by atoms with Crippen LogP contribution in [0, 0.1) is 5.92 Å². The highest BCUT2D eigenvalue weighted by molar-refractivity contribution is 4.95. The molecule has 2 aliphatic rings. The van der Waals surface area contributed by atoms with Gasteiger partial charge in [-0.15, -0.1) is 0 Å². The van der Waals surface area contributed by atoms with E-state index < -0.39 is 0 Å². The summed E-state index contributed by atoms with van der Waals surface area (Å²) in [4.78, 5) is 2.63. The van der Waals surface area contributed by atoms with E-state index in [9.17, 15) is 0 Å². The Morgan fingerprint density at radius 1 is 1.12 bits per heavy atom. The van der Waals surface area contributed by atoms with Gasteiger partial charge >= 0.3 is 0 Å². The number of nitrogens with zero attached hydrogens (tertiary/aromatic N) is 1. The van der Waals surface area contributed by atoms with E-state index in [2.05, 4.69) is 32.6 Å². The smallest absolute Gasteiger partial charge is 0.0760 e. The number of hydrogen-bond donors (Lipinski definition) is 1. The van der Waals surface area contributed by atoms with E-state index in [0.29, 0.717) is 12.0 Å². The largest absolute Gasteiger partial charge is 0.367 e. The molecule has 100 valence electrons. The van der Waals surface area contributed by atoms with E-state index >= 15 is 0 Å². The number of nitrogens with two attached hydrogens (primary N) is 1. The van der Waals surface area contributed by atoms with E-state index in [1.807, 2.05) is 0 Å². The highest BCUT2D eigenvalue weighted by atomic mass is 16.5. The molecule has 0 bridgehead atoms. The maximum absolute atomic E-state index is 6.15. The molecule has 0 aromatic rings. The van der Waals surface area contributed by atoms with Crippen molar-refractivity contribution < 1.29 is 4.74 Å². The molecule has 1 aliphatic carbocycles. The molecule has 2 unspecified atom stereocenters. The molecule has 0 spiro atoms. The third-order valence-corrected chi connectivity index (χ3v) is 4.11. The summed E-state index contributed by atoms with van der Waals surface area (Å²) in [5, 5.41) is 0. The van der Waals surface area contributed by atoms with Gasteiger partial charge in [0.1, 0.15) is 0 Å². The zero-order chi connectivity index (χ0) is 12.7. The van der Waals surface area contributed by atoms with E-state index in [1.54, 1.807) is 0 Å². The van der Waals surface area contributed by atoms with Gasteiger partial charge in [0.05, 0.1) is 11.2 Å². The van der Waals surface area contributed by atoms with Gasteiger partial charge in [0, 0.05) is 19.1 Å². The topological polar surface area (TPSA) is 38.5 Å². The van der Waals surface area contributed by atoms with Gasteiger partial charge in [-0.25, -0.2) is 0 Å². The van der Waals surface area contributed by atoms with Crippen LogP contribution in [-0.4, -0.2) is 41.8 Å². The van der Waals surface area contributed by atoms with Crippen molar-refractivity contribution in [2.45, 2.75) is 64.2 Å². The Kier molecular flexibility index (Phi) is 3.54. The fraction of sp³-hybridized carbons (Fsp3) is 1.00. The lowest BCUT2D eigenvalue weighted by atomic mass is 9.94. The fourth-order valence-corrected chi connectivity index (χ4v) is 3.85. The first-order chi connectivity index (χ1) is 7.83. The molecule has 2 rings (SSSR count). The highest BCUT2D eigenvalue weighted by Crippen LogP contribution is 2.35. The Morgan fingerprint density at radius 2 is 1.71 bits per heavy atom. The number of rotatable bonds is 2. The standard InChI is InChI=1S/C14H28N2O/c1-13(2)9-16(10-14(3,4)17-13)12-7-5-6-11(12)8-15/h11-12H,5-10,15H2,1-4H3. The van der Waals surface area contributed by atoms with Gasteiger partial charge in [-0.2, -0.15) is 0 Å². The monoisotopic (exact) mass is 240 g/mol. The van der Waals surface area contributed by atoms with Crippen LogP contribution in [-0.2, 0) is 4.74 Å². The van der Waals surface area contributed by atoms with Gasteiger partial charge in [0.25, 0.3) is 0 Å². The Hall–Kier alpha value is -0.120. The number of hydrogen-bond acceptors (Lipinski definition) is 3. The summed E-state index contributed by atoms with van der Waals surface area (Å²) in [5.74, 6) is 0.694. The van der Waals surface area contributed by atoms with E-state index in [0.717, 1.165) is 19.6 Å². The summed E-state index contributed by atoms with van der Waals surface area (Å²) in [7, 11) is 0. The molecule has 0 amide bonds. The average Bonchev–Trinajstić information content (AvgIpc) is 2.59. The number of ether oxygens (including phenoxy) is 1. The lowest BCUT2D eigenvalue weighted by Gasteiger charge is -2.50. The predicted molar refractivity (Wildman–Crippen MR) is 71.0 cm³/mol. The first-order valence-electron chi connectivity index (χ1n) is 6.97. The second-order valence-corrected chi connectivity index (χ2v) is 7.02. The predicted octanol–water partition coefficient (Wildman–Crippen LogP) is 2.00. The van der Waals surface area contributed by atoms with E-state index in [4.69, 9.17) is 10.5 Å². The molecule has 17 heavy (non-hydrogen) atoms. The highest BCUT2D eigenvalue weighted by Gasteiger charge is 2.43. The van der Waals surface area contributed by atoms with Gasteiger partial charge in [0.15, 0.2) is 0 Å². The Bertz CT molecular complexity index is 259. The van der Waals surface area contributed by atoms with Crippen molar-refractivity contribution in [3.8, 4) is 0 Å². The van der Waals surface area contributed by atoms with Crippen molar-refractivity contribution in [1.82, 2.24) is 4.90 Å². The van der Waals surface area contributed by atoms with Gasteiger partial charge in [-0.3, -0.25) is 4.90 Å². The maximum atomic E-state index is 6.15. The first kappa shape index (κ1) is 13.3. The summed E-state index contributed by atoms with van der Waals surface area (Å²) in [5.41, 5.74) is 5.83. The lowest BCUT2D eigenvalue weighted by Crippen LogP contribution is -2.60. The molecular formula is C14H28N2O. The number of morpholine rings is 1. The van der Waals surface area contributed by atoms with Crippen molar-refractivity contribution in [3.63, 3.8) is 0 Å². The summed E-state index contributed by atoms with van der Waals surface area (Å²) in [6, 6.07) is 0.683. The van der Waals surface area contributed by atoms with E-state index in [-0.39, 0.29) is 11.2 Å². The molecular weight excluding hydrogens is 212 g/mol. The van der Waals surface area contributed by atoms with Crippen molar-refractivity contribution in [1.29, 1.82) is 0 Å². The van der Waals surface area contributed by atoms with Crippen LogP contribution in [0.3, 0.4) is 0 Å².